The van der Waals surface area contributed by atoms with Crippen LogP contribution in [-0.2, 0) is 6.18 Å². The molecule has 1 fully saturated rings. The van der Waals surface area contributed by atoms with Crippen molar-refractivity contribution in [3.8, 4) is 6.07 Å². The fraction of sp³-hybridized carbons (Fsp3) is 0.364. The van der Waals surface area contributed by atoms with Gasteiger partial charge in [0.05, 0.1) is 17.2 Å². The van der Waals surface area contributed by atoms with Crippen LogP contribution >= 0.6 is 0 Å². The van der Waals surface area contributed by atoms with Crippen LogP contribution in [0.25, 0.3) is 0 Å². The lowest BCUT2D eigenvalue weighted by atomic mass is 9.90. The zero-order chi connectivity index (χ0) is 21.7. The third-order valence-corrected chi connectivity index (χ3v) is 5.31. The summed E-state index contributed by atoms with van der Waals surface area (Å²) in [5, 5.41) is 18.1. The van der Waals surface area contributed by atoms with E-state index in [1.54, 1.807) is 18.2 Å². The largest absolute Gasteiger partial charge is 0.417 e. The molecule has 0 radical (unpaired) electrons. The van der Waals surface area contributed by atoms with Gasteiger partial charge in [0.1, 0.15) is 0 Å². The fourth-order valence-electron chi connectivity index (χ4n) is 3.64. The van der Waals surface area contributed by atoms with Crippen molar-refractivity contribution in [2.24, 2.45) is 0 Å². The SMILES string of the molecule is CNc1ccc(C(=O)N[C@H]2CC[C@@H](Nc3ccc(C#N)c(C(F)(F)F)c3)CC2)cc1. The number of hydrogen-bond donors (Lipinski definition) is 3. The molecule has 3 N–H and O–H groups in total. The Balaban J connectivity index is 1.54. The summed E-state index contributed by atoms with van der Waals surface area (Å²) in [5.41, 5.74) is 0.544. The molecule has 8 heteroatoms. The highest BCUT2D eigenvalue weighted by Gasteiger charge is 2.34. The minimum atomic E-state index is -4.57. The molecule has 30 heavy (non-hydrogen) atoms. The summed E-state index contributed by atoms with van der Waals surface area (Å²) in [7, 11) is 1.81. The molecule has 158 valence electrons. The van der Waals surface area contributed by atoms with Crippen molar-refractivity contribution < 1.29 is 18.0 Å². The molecule has 1 saturated carbocycles. The van der Waals surface area contributed by atoms with Crippen LogP contribution in [-0.4, -0.2) is 25.0 Å². The first-order chi connectivity index (χ1) is 14.3. The average molecular weight is 416 g/mol. The maximum absolute atomic E-state index is 13.1. The van der Waals surface area contributed by atoms with Crippen molar-refractivity contribution in [2.45, 2.75) is 43.9 Å². The van der Waals surface area contributed by atoms with Gasteiger partial charge < -0.3 is 16.0 Å². The lowest BCUT2D eigenvalue weighted by molar-refractivity contribution is -0.137. The third kappa shape index (κ3) is 5.23. The lowest BCUT2D eigenvalue weighted by Gasteiger charge is -2.30. The number of alkyl halides is 3. The molecule has 1 aliphatic rings. The molecule has 0 heterocycles. The Bertz CT molecular complexity index is 927. The first-order valence-electron chi connectivity index (χ1n) is 9.76. The maximum Gasteiger partial charge on any atom is 0.417 e. The second kappa shape index (κ2) is 9.08. The summed E-state index contributed by atoms with van der Waals surface area (Å²) in [4.78, 5) is 12.4. The molecular weight excluding hydrogens is 393 g/mol. The van der Waals surface area contributed by atoms with Gasteiger partial charge in [0.2, 0.25) is 0 Å². The summed E-state index contributed by atoms with van der Waals surface area (Å²) >= 11 is 0. The Labute approximate surface area is 173 Å². The molecule has 2 aromatic carbocycles. The molecule has 0 unspecified atom stereocenters. The first-order valence-corrected chi connectivity index (χ1v) is 9.76. The second-order valence-corrected chi connectivity index (χ2v) is 7.36. The summed E-state index contributed by atoms with van der Waals surface area (Å²) in [6.45, 7) is 0. The van der Waals surface area contributed by atoms with E-state index < -0.39 is 11.7 Å². The predicted octanol–water partition coefficient (Wildman–Crippen LogP) is 4.77. The Morgan fingerprint density at radius 3 is 2.17 bits per heavy atom. The number of anilines is 2. The van der Waals surface area contributed by atoms with Crippen molar-refractivity contribution in [1.82, 2.24) is 5.32 Å². The molecule has 0 bridgehead atoms. The normalized spacial score (nSPS) is 18.9. The predicted molar refractivity (Wildman–Crippen MR) is 109 cm³/mol. The van der Waals surface area contributed by atoms with Crippen LogP contribution in [0.2, 0.25) is 0 Å². The standard InChI is InChI=1S/C22H23F3N4O/c1-27-16-5-2-14(3-6-16)21(30)29-18-10-8-17(9-11-18)28-19-7-4-15(13-26)20(12-19)22(23,24)25/h2-7,12,17-18,27-28H,8-11H2,1H3,(H,29,30)/t17-,18+. The van der Waals surface area contributed by atoms with E-state index in [9.17, 15) is 18.0 Å². The molecule has 0 saturated heterocycles. The van der Waals surface area contributed by atoms with Crippen molar-refractivity contribution >= 4 is 17.3 Å². The smallest absolute Gasteiger partial charge is 0.388 e. The third-order valence-electron chi connectivity index (χ3n) is 5.31. The Morgan fingerprint density at radius 1 is 1.00 bits per heavy atom. The Kier molecular flexibility index (Phi) is 6.50. The number of carbonyl (C=O) groups excluding carboxylic acids is 1. The number of nitrogens with one attached hydrogen (secondary N) is 3. The van der Waals surface area contributed by atoms with Gasteiger partial charge in [-0.3, -0.25) is 4.79 Å². The zero-order valence-electron chi connectivity index (χ0n) is 16.5. The van der Waals surface area contributed by atoms with Gasteiger partial charge in [-0.05, 0) is 68.1 Å². The number of benzene rings is 2. The number of rotatable bonds is 5. The highest BCUT2D eigenvalue weighted by Crippen LogP contribution is 2.34. The highest BCUT2D eigenvalue weighted by molar-refractivity contribution is 5.94. The number of nitriles is 1. The van der Waals surface area contributed by atoms with Crippen LogP contribution in [0.1, 0.15) is 47.2 Å². The van der Waals surface area contributed by atoms with Gasteiger partial charge in [-0.1, -0.05) is 0 Å². The van der Waals surface area contributed by atoms with E-state index in [2.05, 4.69) is 16.0 Å². The van der Waals surface area contributed by atoms with Crippen LogP contribution in [0.5, 0.6) is 0 Å². The van der Waals surface area contributed by atoms with E-state index in [0.29, 0.717) is 11.3 Å². The van der Waals surface area contributed by atoms with E-state index in [1.165, 1.54) is 12.1 Å². The zero-order valence-corrected chi connectivity index (χ0v) is 16.5. The van der Waals surface area contributed by atoms with Crippen LogP contribution in [0.4, 0.5) is 24.5 Å². The molecule has 5 nitrogen and oxygen atoms in total. The summed E-state index contributed by atoms with van der Waals surface area (Å²) in [5.74, 6) is -0.129. The molecule has 3 rings (SSSR count). The topological polar surface area (TPSA) is 77.0 Å². The second-order valence-electron chi connectivity index (χ2n) is 7.36. The van der Waals surface area contributed by atoms with E-state index in [1.807, 2.05) is 19.2 Å². The van der Waals surface area contributed by atoms with Crippen molar-refractivity contribution in [1.29, 1.82) is 5.26 Å². The minimum Gasteiger partial charge on any atom is -0.388 e. The van der Waals surface area contributed by atoms with Gasteiger partial charge in [0.25, 0.3) is 5.91 Å². The minimum absolute atomic E-state index is 0.0158. The molecule has 1 aliphatic carbocycles. The number of amides is 1. The van der Waals surface area contributed by atoms with Gasteiger partial charge in [0.15, 0.2) is 0 Å². The maximum atomic E-state index is 13.1. The van der Waals surface area contributed by atoms with Gasteiger partial charge >= 0.3 is 6.18 Å². The highest BCUT2D eigenvalue weighted by atomic mass is 19.4. The van der Waals surface area contributed by atoms with E-state index in [-0.39, 0.29) is 23.6 Å². The van der Waals surface area contributed by atoms with Gasteiger partial charge in [0, 0.05) is 36.1 Å². The van der Waals surface area contributed by atoms with Crippen LogP contribution in [0.3, 0.4) is 0 Å². The van der Waals surface area contributed by atoms with E-state index in [4.69, 9.17) is 5.26 Å². The summed E-state index contributed by atoms with van der Waals surface area (Å²) in [6, 6.07) is 12.5. The molecule has 0 aliphatic heterocycles. The van der Waals surface area contributed by atoms with Crippen LogP contribution in [0.15, 0.2) is 42.5 Å². The number of nitrogens with zero attached hydrogens (tertiary/aromatic N) is 1. The van der Waals surface area contributed by atoms with Crippen molar-refractivity contribution in [3.05, 3.63) is 59.2 Å². The van der Waals surface area contributed by atoms with Gasteiger partial charge in [-0.15, -0.1) is 0 Å². The number of carbonyl (C=O) groups is 1. The van der Waals surface area contributed by atoms with Crippen LogP contribution < -0.4 is 16.0 Å². The van der Waals surface area contributed by atoms with Crippen LogP contribution in [0, 0.1) is 11.3 Å². The Hall–Kier alpha value is -3.21. The monoisotopic (exact) mass is 416 g/mol. The van der Waals surface area contributed by atoms with E-state index >= 15 is 0 Å². The molecular formula is C22H23F3N4O. The summed E-state index contributed by atoms with van der Waals surface area (Å²) < 4.78 is 39.4. The average Bonchev–Trinajstić information content (AvgIpc) is 2.74. The van der Waals surface area contributed by atoms with Gasteiger partial charge in [-0.25, -0.2) is 0 Å². The quantitative estimate of drug-likeness (QED) is 0.656. The first kappa shape index (κ1) is 21.5. The molecule has 2 aromatic rings. The van der Waals surface area contributed by atoms with Crippen molar-refractivity contribution in [3.63, 3.8) is 0 Å². The lowest BCUT2D eigenvalue weighted by Crippen LogP contribution is -2.40. The van der Waals surface area contributed by atoms with Gasteiger partial charge in [-0.2, -0.15) is 18.4 Å². The molecule has 0 spiro atoms. The molecule has 1 amide bonds. The molecule has 0 atom stereocenters. The van der Waals surface area contributed by atoms with E-state index in [0.717, 1.165) is 37.4 Å². The molecule has 0 aromatic heterocycles. The summed E-state index contributed by atoms with van der Waals surface area (Å²) in [6.07, 6.45) is -1.65. The Morgan fingerprint density at radius 2 is 1.60 bits per heavy atom. The number of hydrogen-bond acceptors (Lipinski definition) is 4. The number of halogens is 3. The van der Waals surface area contributed by atoms with Crippen molar-refractivity contribution in [2.75, 3.05) is 17.7 Å². The fourth-order valence-corrected chi connectivity index (χ4v) is 3.64.